The number of hydrogen-bond acceptors (Lipinski definition) is 3. The number of fused-ring (bicyclic) bond motifs is 1. The van der Waals surface area contributed by atoms with Gasteiger partial charge in [0.05, 0.1) is 0 Å². The van der Waals surface area contributed by atoms with Gasteiger partial charge in [-0.05, 0) is 59.8 Å². The van der Waals surface area contributed by atoms with Crippen LogP contribution in [0.2, 0.25) is 0 Å². The fourth-order valence-corrected chi connectivity index (χ4v) is 3.38. The lowest BCUT2D eigenvalue weighted by Gasteiger charge is -2.36. The third-order valence-electron chi connectivity index (χ3n) is 3.98. The molecule has 3 heteroatoms. The van der Waals surface area contributed by atoms with E-state index in [1.54, 1.807) is 0 Å². The first-order valence-corrected chi connectivity index (χ1v) is 6.80. The van der Waals surface area contributed by atoms with E-state index < -0.39 is 0 Å². The third-order valence-corrected chi connectivity index (χ3v) is 3.98. The van der Waals surface area contributed by atoms with Gasteiger partial charge in [0, 0.05) is 24.7 Å². The minimum Gasteiger partial charge on any atom is -0.310 e. The van der Waals surface area contributed by atoms with Crippen molar-refractivity contribution in [1.29, 1.82) is 0 Å². The van der Waals surface area contributed by atoms with Crippen LogP contribution in [0.1, 0.15) is 32.6 Å². The van der Waals surface area contributed by atoms with E-state index >= 15 is 0 Å². The highest BCUT2D eigenvalue weighted by Crippen LogP contribution is 2.26. The highest BCUT2D eigenvalue weighted by molar-refractivity contribution is 4.90. The molecule has 2 saturated heterocycles. The predicted octanol–water partition coefficient (Wildman–Crippen LogP) is 1.15. The lowest BCUT2D eigenvalue weighted by molar-refractivity contribution is 0.158. The summed E-state index contributed by atoms with van der Waals surface area (Å²) in [6.45, 7) is 6.12. The van der Waals surface area contributed by atoms with Gasteiger partial charge < -0.3 is 15.1 Å². The summed E-state index contributed by atoms with van der Waals surface area (Å²) in [6, 6.07) is 2.26. The lowest BCUT2D eigenvalue weighted by Crippen LogP contribution is -2.49. The van der Waals surface area contributed by atoms with E-state index in [1.165, 1.54) is 38.8 Å². The van der Waals surface area contributed by atoms with Gasteiger partial charge in [-0.15, -0.1) is 0 Å². The molecule has 0 aliphatic carbocycles. The molecule has 3 nitrogen and oxygen atoms in total. The summed E-state index contributed by atoms with van der Waals surface area (Å²) in [5, 5.41) is 3.79. The Kier molecular flexibility index (Phi) is 4.22. The first kappa shape index (κ1) is 12.3. The fourth-order valence-electron chi connectivity index (χ4n) is 3.38. The summed E-state index contributed by atoms with van der Waals surface area (Å²) in [6.07, 6.45) is 5.57. The molecule has 2 heterocycles. The van der Waals surface area contributed by atoms with E-state index in [4.69, 9.17) is 0 Å². The van der Waals surface area contributed by atoms with E-state index in [9.17, 15) is 0 Å². The Morgan fingerprint density at radius 1 is 1.31 bits per heavy atom. The molecule has 0 radical (unpaired) electrons. The van der Waals surface area contributed by atoms with Gasteiger partial charge in [-0.3, -0.25) is 0 Å². The number of piperidine rings is 1. The summed E-state index contributed by atoms with van der Waals surface area (Å²) >= 11 is 0. The van der Waals surface area contributed by atoms with Gasteiger partial charge >= 0.3 is 0 Å². The zero-order valence-electron chi connectivity index (χ0n) is 11.1. The number of hydrogen-bond donors (Lipinski definition) is 1. The summed E-state index contributed by atoms with van der Waals surface area (Å²) in [7, 11) is 4.30. The second-order valence-corrected chi connectivity index (χ2v) is 5.88. The van der Waals surface area contributed by atoms with Crippen molar-refractivity contribution in [3.8, 4) is 0 Å². The topological polar surface area (TPSA) is 18.5 Å². The molecule has 0 aromatic heterocycles. The highest BCUT2D eigenvalue weighted by atomic mass is 15.2. The molecule has 0 aromatic rings. The van der Waals surface area contributed by atoms with Crippen molar-refractivity contribution in [1.82, 2.24) is 15.1 Å². The molecule has 0 amide bonds. The molecule has 3 unspecified atom stereocenters. The van der Waals surface area contributed by atoms with Crippen molar-refractivity contribution >= 4 is 0 Å². The zero-order chi connectivity index (χ0) is 11.5. The second kappa shape index (κ2) is 5.48. The summed E-state index contributed by atoms with van der Waals surface area (Å²) in [4.78, 5) is 4.96. The predicted molar refractivity (Wildman–Crippen MR) is 68.8 cm³/mol. The maximum Gasteiger partial charge on any atom is 0.0169 e. The smallest absolute Gasteiger partial charge is 0.0169 e. The normalized spacial score (nSPS) is 33.0. The van der Waals surface area contributed by atoms with Gasteiger partial charge in [-0.1, -0.05) is 0 Å². The molecule has 3 atom stereocenters. The van der Waals surface area contributed by atoms with Crippen LogP contribution in [0.15, 0.2) is 0 Å². The maximum absolute atomic E-state index is 3.79. The van der Waals surface area contributed by atoms with E-state index in [0.717, 1.165) is 18.6 Å². The minimum atomic E-state index is 0.618. The fraction of sp³-hybridized carbons (Fsp3) is 1.00. The molecule has 1 N–H and O–H groups in total. The third kappa shape index (κ3) is 3.19. The van der Waals surface area contributed by atoms with Crippen LogP contribution in [0.5, 0.6) is 0 Å². The van der Waals surface area contributed by atoms with Crippen LogP contribution in [-0.2, 0) is 0 Å². The van der Waals surface area contributed by atoms with E-state index in [2.05, 4.69) is 36.1 Å². The van der Waals surface area contributed by atoms with Crippen molar-refractivity contribution in [2.24, 2.45) is 0 Å². The molecule has 2 fully saturated rings. The minimum absolute atomic E-state index is 0.618. The van der Waals surface area contributed by atoms with Crippen LogP contribution in [0.4, 0.5) is 0 Å². The van der Waals surface area contributed by atoms with Crippen LogP contribution in [0.3, 0.4) is 0 Å². The average Bonchev–Trinajstić information content (AvgIpc) is 2.63. The van der Waals surface area contributed by atoms with Gasteiger partial charge in [0.25, 0.3) is 0 Å². The molecule has 0 spiro atoms. The van der Waals surface area contributed by atoms with E-state index in [1.807, 2.05) is 0 Å². The molecule has 2 aliphatic rings. The van der Waals surface area contributed by atoms with Crippen molar-refractivity contribution in [3.63, 3.8) is 0 Å². The largest absolute Gasteiger partial charge is 0.310 e. The first-order chi connectivity index (χ1) is 7.65. The van der Waals surface area contributed by atoms with E-state index in [0.29, 0.717) is 6.04 Å². The van der Waals surface area contributed by atoms with Crippen LogP contribution in [0.25, 0.3) is 0 Å². The van der Waals surface area contributed by atoms with Crippen LogP contribution in [-0.4, -0.2) is 61.7 Å². The molecular weight excluding hydrogens is 198 g/mol. The molecule has 2 rings (SSSR count). The Hall–Kier alpha value is -0.120. The van der Waals surface area contributed by atoms with Gasteiger partial charge in [0.2, 0.25) is 0 Å². The molecule has 16 heavy (non-hydrogen) atoms. The monoisotopic (exact) mass is 225 g/mol. The van der Waals surface area contributed by atoms with Gasteiger partial charge in [0.1, 0.15) is 0 Å². The molecule has 94 valence electrons. The van der Waals surface area contributed by atoms with E-state index in [-0.39, 0.29) is 0 Å². The van der Waals surface area contributed by atoms with Crippen LogP contribution >= 0.6 is 0 Å². The van der Waals surface area contributed by atoms with Gasteiger partial charge in [0.15, 0.2) is 0 Å². The van der Waals surface area contributed by atoms with Crippen LogP contribution in [0, 0.1) is 0 Å². The Morgan fingerprint density at radius 3 is 2.88 bits per heavy atom. The summed E-state index contributed by atoms with van der Waals surface area (Å²) in [5.41, 5.74) is 0. The van der Waals surface area contributed by atoms with Crippen molar-refractivity contribution in [2.75, 3.05) is 33.7 Å². The standard InChI is InChI=1S/C13H27N3/c1-11(10-15(2)3)14-12-6-8-16-7-4-5-13(16)9-12/h11-14H,4-10H2,1-3H3. The van der Waals surface area contributed by atoms with Gasteiger partial charge in [-0.2, -0.15) is 0 Å². The Bertz CT molecular complexity index is 217. The number of likely N-dealkylation sites (N-methyl/N-ethyl adjacent to an activating group) is 1. The SMILES string of the molecule is CC(CN(C)C)NC1CCN2CCCC2C1. The quantitative estimate of drug-likeness (QED) is 0.774. The number of rotatable bonds is 4. The average molecular weight is 225 g/mol. The summed E-state index contributed by atoms with van der Waals surface area (Å²) < 4.78 is 0. The van der Waals surface area contributed by atoms with Crippen molar-refractivity contribution < 1.29 is 0 Å². The van der Waals surface area contributed by atoms with Crippen molar-refractivity contribution in [3.05, 3.63) is 0 Å². The zero-order valence-corrected chi connectivity index (χ0v) is 11.1. The molecule has 0 aromatic carbocycles. The Morgan fingerprint density at radius 2 is 2.12 bits per heavy atom. The highest BCUT2D eigenvalue weighted by Gasteiger charge is 2.31. The van der Waals surface area contributed by atoms with Crippen molar-refractivity contribution in [2.45, 2.75) is 50.7 Å². The number of nitrogens with one attached hydrogen (secondary N) is 1. The van der Waals surface area contributed by atoms with Crippen LogP contribution < -0.4 is 5.32 Å². The molecule has 0 saturated carbocycles. The molecule has 0 bridgehead atoms. The molecule has 2 aliphatic heterocycles. The Balaban J connectivity index is 1.74. The summed E-state index contributed by atoms with van der Waals surface area (Å²) in [5.74, 6) is 0. The first-order valence-electron chi connectivity index (χ1n) is 6.80. The Labute approximate surface area is 100 Å². The lowest BCUT2D eigenvalue weighted by atomic mass is 9.97. The second-order valence-electron chi connectivity index (χ2n) is 5.88. The van der Waals surface area contributed by atoms with Gasteiger partial charge in [-0.25, -0.2) is 0 Å². The molecular formula is C13H27N3. The number of nitrogens with zero attached hydrogens (tertiary/aromatic N) is 2. The maximum atomic E-state index is 3.79.